The molecule has 0 saturated heterocycles. The normalized spacial score (nSPS) is 11.6. The molecule has 6 heteroatoms. The molecule has 0 aliphatic rings. The number of azo groups is 2. The SMILES string of the molecule is CCCCOc1ccc(/N=N/c2ccc(/C=C/c3ccc(/N=N/c4ccc(OCCCC)cc4)cc3)cc2)cc1. The Bertz CT molecular complexity index is 1270. The van der Waals surface area contributed by atoms with Crippen LogP contribution in [0, 0.1) is 0 Å². The maximum atomic E-state index is 5.69. The molecule has 0 amide bonds. The molecule has 0 N–H and O–H groups in total. The summed E-state index contributed by atoms with van der Waals surface area (Å²) in [6.45, 7) is 5.77. The van der Waals surface area contributed by atoms with E-state index in [0.29, 0.717) is 0 Å². The van der Waals surface area contributed by atoms with Gasteiger partial charge >= 0.3 is 0 Å². The molecule has 0 bridgehead atoms. The number of benzene rings is 4. The molecule has 0 heterocycles. The van der Waals surface area contributed by atoms with Crippen LogP contribution in [-0.2, 0) is 0 Å². The first kappa shape index (κ1) is 28.4. The Labute approximate surface area is 237 Å². The highest BCUT2D eigenvalue weighted by molar-refractivity contribution is 5.70. The van der Waals surface area contributed by atoms with E-state index in [1.54, 1.807) is 0 Å². The van der Waals surface area contributed by atoms with Crippen LogP contribution in [0.1, 0.15) is 50.7 Å². The van der Waals surface area contributed by atoms with Gasteiger partial charge < -0.3 is 9.47 Å². The smallest absolute Gasteiger partial charge is 0.119 e. The number of nitrogens with zero attached hydrogens (tertiary/aromatic N) is 4. The monoisotopic (exact) mass is 532 g/mol. The second kappa shape index (κ2) is 15.7. The zero-order valence-electron chi connectivity index (χ0n) is 23.2. The Hall–Kier alpha value is -4.58. The zero-order chi connectivity index (χ0) is 27.8. The van der Waals surface area contributed by atoms with E-state index >= 15 is 0 Å². The molecule has 0 atom stereocenters. The summed E-state index contributed by atoms with van der Waals surface area (Å²) >= 11 is 0. The maximum Gasteiger partial charge on any atom is 0.119 e. The van der Waals surface area contributed by atoms with E-state index in [1.807, 2.05) is 97.1 Å². The number of rotatable bonds is 14. The first-order chi connectivity index (χ1) is 19.7. The van der Waals surface area contributed by atoms with Crippen molar-refractivity contribution in [2.75, 3.05) is 13.2 Å². The van der Waals surface area contributed by atoms with Crippen LogP contribution in [-0.4, -0.2) is 13.2 Å². The van der Waals surface area contributed by atoms with Crippen LogP contribution in [0.15, 0.2) is 118 Å². The van der Waals surface area contributed by atoms with Crippen molar-refractivity contribution < 1.29 is 9.47 Å². The predicted octanol–water partition coefficient (Wildman–Crippen LogP) is 11.0. The van der Waals surface area contributed by atoms with Crippen LogP contribution >= 0.6 is 0 Å². The van der Waals surface area contributed by atoms with Crippen molar-refractivity contribution >= 4 is 34.9 Å². The van der Waals surface area contributed by atoms with E-state index in [0.717, 1.165) is 84.3 Å². The summed E-state index contributed by atoms with van der Waals surface area (Å²) in [6.07, 6.45) is 8.48. The topological polar surface area (TPSA) is 67.9 Å². The van der Waals surface area contributed by atoms with E-state index in [9.17, 15) is 0 Å². The van der Waals surface area contributed by atoms with Crippen molar-refractivity contribution in [3.63, 3.8) is 0 Å². The summed E-state index contributed by atoms with van der Waals surface area (Å²) in [5, 5.41) is 17.3. The molecule has 204 valence electrons. The number of ether oxygens (including phenoxy) is 2. The van der Waals surface area contributed by atoms with Gasteiger partial charge in [-0.05, 0) is 96.8 Å². The van der Waals surface area contributed by atoms with E-state index in [2.05, 4.69) is 46.5 Å². The molecule has 4 rings (SSSR count). The van der Waals surface area contributed by atoms with Crippen molar-refractivity contribution in [1.82, 2.24) is 0 Å². The molecule has 0 unspecified atom stereocenters. The van der Waals surface area contributed by atoms with Gasteiger partial charge in [-0.25, -0.2) is 0 Å². The molecule has 0 spiro atoms. The minimum absolute atomic E-state index is 0.737. The molecule has 0 radical (unpaired) electrons. The number of hydrogen-bond donors (Lipinski definition) is 0. The zero-order valence-corrected chi connectivity index (χ0v) is 23.2. The Morgan fingerprint density at radius 2 is 0.750 bits per heavy atom. The van der Waals surface area contributed by atoms with Crippen LogP contribution < -0.4 is 9.47 Å². The highest BCUT2D eigenvalue weighted by Crippen LogP contribution is 2.24. The van der Waals surface area contributed by atoms with Gasteiger partial charge in [0.05, 0.1) is 36.0 Å². The van der Waals surface area contributed by atoms with Gasteiger partial charge in [0.15, 0.2) is 0 Å². The molecule has 40 heavy (non-hydrogen) atoms. The van der Waals surface area contributed by atoms with Gasteiger partial charge in [0.1, 0.15) is 11.5 Å². The molecular formula is C34H36N4O2. The van der Waals surface area contributed by atoms with E-state index < -0.39 is 0 Å². The van der Waals surface area contributed by atoms with Crippen molar-refractivity contribution in [1.29, 1.82) is 0 Å². The summed E-state index contributed by atoms with van der Waals surface area (Å²) in [5.74, 6) is 1.72. The number of hydrogen-bond acceptors (Lipinski definition) is 6. The quantitative estimate of drug-likeness (QED) is 0.0920. The third-order valence-electron chi connectivity index (χ3n) is 6.02. The first-order valence-corrected chi connectivity index (χ1v) is 13.9. The van der Waals surface area contributed by atoms with Crippen molar-refractivity contribution in [3.05, 3.63) is 108 Å². The average Bonchev–Trinajstić information content (AvgIpc) is 3.00. The second-order valence-electron chi connectivity index (χ2n) is 9.31. The third kappa shape index (κ3) is 9.62. The van der Waals surface area contributed by atoms with Gasteiger partial charge in [0.2, 0.25) is 0 Å². The fourth-order valence-electron chi connectivity index (χ4n) is 3.61. The van der Waals surface area contributed by atoms with Crippen LogP contribution in [0.4, 0.5) is 22.7 Å². The maximum absolute atomic E-state index is 5.69. The Balaban J connectivity index is 1.26. The van der Waals surface area contributed by atoms with Crippen LogP contribution in [0.3, 0.4) is 0 Å². The third-order valence-corrected chi connectivity index (χ3v) is 6.02. The Kier molecular flexibility index (Phi) is 11.2. The lowest BCUT2D eigenvalue weighted by atomic mass is 10.1. The largest absolute Gasteiger partial charge is 0.494 e. The molecular weight excluding hydrogens is 496 g/mol. The highest BCUT2D eigenvalue weighted by atomic mass is 16.5. The lowest BCUT2D eigenvalue weighted by molar-refractivity contribution is 0.309. The van der Waals surface area contributed by atoms with Crippen molar-refractivity contribution in [2.45, 2.75) is 39.5 Å². The summed E-state index contributed by atoms with van der Waals surface area (Å²) in [6, 6.07) is 31.3. The molecule has 0 aliphatic carbocycles. The average molecular weight is 533 g/mol. The molecule has 4 aromatic rings. The Morgan fingerprint density at radius 1 is 0.450 bits per heavy atom. The van der Waals surface area contributed by atoms with Crippen LogP contribution in [0.2, 0.25) is 0 Å². The molecule has 0 aliphatic heterocycles. The van der Waals surface area contributed by atoms with E-state index in [4.69, 9.17) is 9.47 Å². The lowest BCUT2D eigenvalue weighted by Gasteiger charge is -2.04. The minimum Gasteiger partial charge on any atom is -0.494 e. The van der Waals surface area contributed by atoms with Gasteiger partial charge in [-0.2, -0.15) is 20.5 Å². The summed E-state index contributed by atoms with van der Waals surface area (Å²) < 4.78 is 11.4. The van der Waals surface area contributed by atoms with E-state index in [1.165, 1.54) is 0 Å². The standard InChI is InChI=1S/C34H36N4O2/c1-3-5-25-39-33-21-17-31(18-22-33)37-35-29-13-9-27(10-14-29)7-8-28-11-15-30(16-12-28)36-38-32-19-23-34(24-20-32)40-26-6-4-2/h7-24H,3-6,25-26H2,1-2H3/b8-7+,37-35+,38-36+. The van der Waals surface area contributed by atoms with Crippen molar-refractivity contribution in [3.8, 4) is 11.5 Å². The molecule has 4 aromatic carbocycles. The first-order valence-electron chi connectivity index (χ1n) is 13.9. The predicted molar refractivity (Wildman–Crippen MR) is 164 cm³/mol. The second-order valence-corrected chi connectivity index (χ2v) is 9.31. The fraction of sp³-hybridized carbons (Fsp3) is 0.235. The molecule has 0 fully saturated rings. The van der Waals surface area contributed by atoms with Gasteiger partial charge in [-0.1, -0.05) is 63.1 Å². The van der Waals surface area contributed by atoms with Crippen molar-refractivity contribution in [2.24, 2.45) is 20.5 Å². The summed E-state index contributed by atoms with van der Waals surface area (Å²) in [7, 11) is 0. The molecule has 0 saturated carbocycles. The fourth-order valence-corrected chi connectivity index (χ4v) is 3.61. The Morgan fingerprint density at radius 3 is 1.05 bits per heavy atom. The van der Waals surface area contributed by atoms with E-state index in [-0.39, 0.29) is 0 Å². The van der Waals surface area contributed by atoms with Gasteiger partial charge in [-0.15, -0.1) is 0 Å². The van der Waals surface area contributed by atoms with Gasteiger partial charge in [0.25, 0.3) is 0 Å². The summed E-state index contributed by atoms with van der Waals surface area (Å²) in [4.78, 5) is 0. The van der Waals surface area contributed by atoms with Gasteiger partial charge in [0, 0.05) is 0 Å². The highest BCUT2D eigenvalue weighted by Gasteiger charge is 1.97. The van der Waals surface area contributed by atoms with Crippen LogP contribution in [0.25, 0.3) is 12.2 Å². The van der Waals surface area contributed by atoms with Gasteiger partial charge in [-0.3, -0.25) is 0 Å². The summed E-state index contributed by atoms with van der Waals surface area (Å²) in [5.41, 5.74) is 5.35. The molecule has 6 nitrogen and oxygen atoms in total. The van der Waals surface area contributed by atoms with Crippen LogP contribution in [0.5, 0.6) is 11.5 Å². The lowest BCUT2D eigenvalue weighted by Crippen LogP contribution is -1.95. The molecule has 0 aromatic heterocycles. The number of unbranched alkanes of at least 4 members (excludes halogenated alkanes) is 2. The minimum atomic E-state index is 0.737.